The van der Waals surface area contributed by atoms with Gasteiger partial charge in [0.2, 0.25) is 0 Å². The standard InChI is InChI=1S/C10H22S.C10H22.C7H17N.C6H15N.C6H14.C5H12/c1-3-5-6-7-8-10-11-9-4-2;1-4-5-6-7-8-9-10(2)3;1-4-6-8(3)7-5-2;1-3-5-7-6-4-2;1-4-5-6(2)3;1-5(2,3)4/h3-10H2,1-2H3;10H,4-9H2,1-3H3;4-7H2,1-3H3;7H,3-6H2,1-2H3;6H,4-5H2,1-3H3;1-4H3. The van der Waals surface area contributed by atoms with E-state index in [0.717, 1.165) is 11.8 Å². The Hall–Kier alpha value is 0.270. The van der Waals surface area contributed by atoms with Crippen molar-refractivity contribution in [1.82, 2.24) is 10.2 Å². The van der Waals surface area contributed by atoms with Gasteiger partial charge >= 0.3 is 0 Å². The van der Waals surface area contributed by atoms with E-state index in [9.17, 15) is 0 Å². The molecule has 0 unspecified atom stereocenters. The van der Waals surface area contributed by atoms with Crippen LogP contribution in [0.5, 0.6) is 0 Å². The molecule has 0 aromatic heterocycles. The van der Waals surface area contributed by atoms with Gasteiger partial charge in [-0.15, -0.1) is 0 Å². The summed E-state index contributed by atoms with van der Waals surface area (Å²) in [6.07, 6.45) is 24.8. The molecule has 0 saturated heterocycles. The van der Waals surface area contributed by atoms with Crippen LogP contribution in [0.25, 0.3) is 0 Å². The van der Waals surface area contributed by atoms with Gasteiger partial charge in [0, 0.05) is 0 Å². The molecule has 0 fully saturated rings. The summed E-state index contributed by atoms with van der Waals surface area (Å²) >= 11 is 2.11. The molecule has 0 bridgehead atoms. The quantitative estimate of drug-likeness (QED) is 0.101. The van der Waals surface area contributed by atoms with Crippen molar-refractivity contribution in [2.75, 3.05) is 44.7 Å². The fourth-order valence-electron chi connectivity index (χ4n) is 4.14. The van der Waals surface area contributed by atoms with Crippen LogP contribution in [-0.2, 0) is 0 Å². The summed E-state index contributed by atoms with van der Waals surface area (Å²) in [6.45, 7) is 40.5. The first kappa shape index (κ1) is 59.4. The minimum Gasteiger partial charge on any atom is -0.317 e. The molecule has 0 spiro atoms. The summed E-state index contributed by atoms with van der Waals surface area (Å²) < 4.78 is 0. The molecule has 0 aliphatic heterocycles. The van der Waals surface area contributed by atoms with Crippen molar-refractivity contribution in [3.63, 3.8) is 0 Å². The van der Waals surface area contributed by atoms with E-state index in [1.807, 2.05) is 0 Å². The van der Waals surface area contributed by atoms with Crippen molar-refractivity contribution in [3.05, 3.63) is 0 Å². The minimum absolute atomic E-state index is 0.500. The normalized spacial score (nSPS) is 10.5. The van der Waals surface area contributed by atoms with Crippen LogP contribution in [0, 0.1) is 17.3 Å². The monoisotopic (exact) mass is 691 g/mol. The van der Waals surface area contributed by atoms with Crippen molar-refractivity contribution in [1.29, 1.82) is 0 Å². The molecular weight excluding hydrogens is 589 g/mol. The molecule has 0 aliphatic carbocycles. The summed E-state index contributed by atoms with van der Waals surface area (Å²) in [5.74, 6) is 4.54. The number of unbranched alkanes of at least 4 members (excludes halogenated alkanes) is 8. The second-order valence-corrected chi connectivity index (χ2v) is 17.1. The highest BCUT2D eigenvalue weighted by molar-refractivity contribution is 7.99. The topological polar surface area (TPSA) is 15.3 Å². The molecule has 1 N–H and O–H groups in total. The van der Waals surface area contributed by atoms with E-state index >= 15 is 0 Å². The van der Waals surface area contributed by atoms with Gasteiger partial charge in [-0.25, -0.2) is 0 Å². The lowest BCUT2D eigenvalue weighted by molar-refractivity contribution is 0.335. The van der Waals surface area contributed by atoms with Gasteiger partial charge in [0.25, 0.3) is 0 Å². The molecule has 0 atom stereocenters. The van der Waals surface area contributed by atoms with Crippen LogP contribution < -0.4 is 5.32 Å². The van der Waals surface area contributed by atoms with Gasteiger partial charge in [-0.2, -0.15) is 11.8 Å². The van der Waals surface area contributed by atoms with Crippen LogP contribution in [0.3, 0.4) is 0 Å². The van der Waals surface area contributed by atoms with Crippen LogP contribution in [0.15, 0.2) is 0 Å². The number of thioether (sulfide) groups is 1. The van der Waals surface area contributed by atoms with E-state index in [-0.39, 0.29) is 0 Å². The van der Waals surface area contributed by atoms with Gasteiger partial charge in [-0.05, 0) is 101 Å². The van der Waals surface area contributed by atoms with Gasteiger partial charge in [0.15, 0.2) is 0 Å². The van der Waals surface area contributed by atoms with Crippen LogP contribution in [0.2, 0.25) is 0 Å². The molecule has 2 nitrogen and oxygen atoms in total. The predicted octanol–water partition coefficient (Wildman–Crippen LogP) is 15.7. The van der Waals surface area contributed by atoms with Gasteiger partial charge in [-0.1, -0.05) is 188 Å². The second kappa shape index (κ2) is 55.7. The Bertz CT molecular complexity index is 421. The molecule has 0 rings (SSSR count). The van der Waals surface area contributed by atoms with E-state index in [0.29, 0.717) is 5.41 Å². The Morgan fingerprint density at radius 3 is 1.17 bits per heavy atom. The highest BCUT2D eigenvalue weighted by Crippen LogP contribution is 2.10. The zero-order valence-corrected chi connectivity index (χ0v) is 37.8. The maximum atomic E-state index is 3.28. The van der Waals surface area contributed by atoms with Crippen LogP contribution >= 0.6 is 11.8 Å². The van der Waals surface area contributed by atoms with Gasteiger partial charge in [0.1, 0.15) is 0 Å². The van der Waals surface area contributed by atoms with E-state index < -0.39 is 0 Å². The first-order chi connectivity index (χ1) is 22.2. The smallest absolute Gasteiger partial charge is 0.00244 e. The lowest BCUT2D eigenvalue weighted by Gasteiger charge is -2.12. The summed E-state index contributed by atoms with van der Waals surface area (Å²) in [5.41, 5.74) is 0.500. The van der Waals surface area contributed by atoms with Crippen LogP contribution in [0.4, 0.5) is 0 Å². The van der Waals surface area contributed by atoms with Crippen molar-refractivity contribution in [2.45, 2.75) is 226 Å². The van der Waals surface area contributed by atoms with Crippen LogP contribution in [-0.4, -0.2) is 49.6 Å². The number of hydrogen-bond acceptors (Lipinski definition) is 3. The first-order valence-electron chi connectivity index (χ1n) is 21.1. The maximum absolute atomic E-state index is 3.28. The molecule has 47 heavy (non-hydrogen) atoms. The SMILES string of the molecule is CC(C)(C)C.CCCC(C)C.CCCCCCCC(C)C.CCCCCCCSCCC.CCCN(C)CCC.CCCNCCC. The van der Waals surface area contributed by atoms with Crippen molar-refractivity contribution in [3.8, 4) is 0 Å². The van der Waals surface area contributed by atoms with Crippen LogP contribution in [0.1, 0.15) is 226 Å². The van der Waals surface area contributed by atoms with Crippen molar-refractivity contribution >= 4 is 11.8 Å². The number of hydrogen-bond donors (Lipinski definition) is 1. The maximum Gasteiger partial charge on any atom is -0.00244 e. The molecule has 0 amide bonds. The molecule has 3 heteroatoms. The van der Waals surface area contributed by atoms with Gasteiger partial charge < -0.3 is 10.2 Å². The van der Waals surface area contributed by atoms with Crippen molar-refractivity contribution in [2.24, 2.45) is 17.3 Å². The average molecular weight is 691 g/mol. The molecule has 0 aliphatic rings. The summed E-state index contributed by atoms with van der Waals surface area (Å²) in [6, 6.07) is 0. The van der Waals surface area contributed by atoms with E-state index in [2.05, 4.69) is 140 Å². The minimum atomic E-state index is 0.500. The lowest BCUT2D eigenvalue weighted by atomic mass is 10.0. The molecular formula is C44H102N2S. The third kappa shape index (κ3) is 113. The summed E-state index contributed by atoms with van der Waals surface area (Å²) in [5, 5.41) is 3.28. The first-order valence-corrected chi connectivity index (χ1v) is 22.3. The third-order valence-electron chi connectivity index (χ3n) is 6.56. The molecule has 0 radical (unpaired) electrons. The van der Waals surface area contributed by atoms with E-state index in [1.165, 1.54) is 153 Å². The van der Waals surface area contributed by atoms with E-state index in [1.54, 1.807) is 0 Å². The van der Waals surface area contributed by atoms with E-state index in [4.69, 9.17) is 0 Å². The Morgan fingerprint density at radius 1 is 0.468 bits per heavy atom. The Morgan fingerprint density at radius 2 is 0.872 bits per heavy atom. The zero-order chi connectivity index (χ0) is 37.6. The Balaban J connectivity index is -0.000000109. The fraction of sp³-hybridized carbons (Fsp3) is 1.00. The van der Waals surface area contributed by atoms with Gasteiger partial charge in [0.05, 0.1) is 0 Å². The van der Waals surface area contributed by atoms with Gasteiger partial charge in [-0.3, -0.25) is 0 Å². The van der Waals surface area contributed by atoms with Crippen molar-refractivity contribution < 1.29 is 0 Å². The number of rotatable bonds is 24. The fourth-order valence-corrected chi connectivity index (χ4v) is 5.04. The lowest BCUT2D eigenvalue weighted by Crippen LogP contribution is -2.19. The predicted molar refractivity (Wildman–Crippen MR) is 231 cm³/mol. The molecule has 0 aromatic carbocycles. The average Bonchev–Trinajstić information content (AvgIpc) is 2.98. The summed E-state index contributed by atoms with van der Waals surface area (Å²) in [7, 11) is 2.17. The molecule has 0 saturated carbocycles. The second-order valence-electron chi connectivity index (χ2n) is 15.9. The highest BCUT2D eigenvalue weighted by atomic mass is 32.2. The highest BCUT2D eigenvalue weighted by Gasteiger charge is 1.96. The molecule has 0 aromatic rings. The third-order valence-corrected chi connectivity index (χ3v) is 7.83. The Kier molecular flexibility index (Phi) is 70.4. The molecule has 294 valence electrons. The number of nitrogens with zero attached hydrogens (tertiary/aromatic N) is 1. The summed E-state index contributed by atoms with van der Waals surface area (Å²) in [4.78, 5) is 2.36. The Labute approximate surface area is 309 Å². The largest absolute Gasteiger partial charge is 0.317 e. The molecule has 0 heterocycles. The number of nitrogens with one attached hydrogen (secondary N) is 1. The zero-order valence-electron chi connectivity index (χ0n) is 37.0.